The van der Waals surface area contributed by atoms with Crippen LogP contribution in [-0.4, -0.2) is 64.5 Å². The van der Waals surface area contributed by atoms with Gasteiger partial charge in [0.25, 0.3) is 0 Å². The van der Waals surface area contributed by atoms with E-state index in [1.54, 1.807) is 0 Å². The van der Waals surface area contributed by atoms with Crippen molar-refractivity contribution in [1.82, 2.24) is 9.80 Å². The summed E-state index contributed by atoms with van der Waals surface area (Å²) in [4.78, 5) is 30.2. The van der Waals surface area contributed by atoms with Gasteiger partial charge in [-0.2, -0.15) is 0 Å². The van der Waals surface area contributed by atoms with Crippen molar-refractivity contribution in [1.29, 1.82) is 0 Å². The molecule has 0 unspecified atom stereocenters. The van der Waals surface area contributed by atoms with Crippen molar-refractivity contribution in [3.05, 3.63) is 71.3 Å². The molecule has 7 heteroatoms. The van der Waals surface area contributed by atoms with Crippen LogP contribution in [0.25, 0.3) is 0 Å². The molecule has 4 rings (SSSR count). The molecule has 0 aliphatic carbocycles. The van der Waals surface area contributed by atoms with Gasteiger partial charge in [-0.15, -0.1) is 0 Å². The van der Waals surface area contributed by atoms with Gasteiger partial charge in [-0.05, 0) is 76.0 Å². The fraction of sp³-hybridized carbons (Fsp3) is 0.622. The molecule has 2 saturated heterocycles. The second-order valence-electron chi connectivity index (χ2n) is 15.0. The van der Waals surface area contributed by atoms with E-state index in [9.17, 15) is 9.59 Å². The lowest BCUT2D eigenvalue weighted by molar-refractivity contribution is 0.00388. The molecule has 0 saturated carbocycles. The zero-order valence-corrected chi connectivity index (χ0v) is 28.3. The Morgan fingerprint density at radius 3 is 1.91 bits per heavy atom. The average molecular weight is 607 g/mol. The maximum atomic E-state index is 13.5. The van der Waals surface area contributed by atoms with E-state index in [-0.39, 0.29) is 36.3 Å². The molecular weight excluding hydrogens is 552 g/mol. The summed E-state index contributed by atoms with van der Waals surface area (Å²) in [5, 5.41) is 0. The van der Waals surface area contributed by atoms with Gasteiger partial charge < -0.3 is 24.0 Å². The van der Waals surface area contributed by atoms with Crippen molar-refractivity contribution >= 4 is 12.2 Å². The highest BCUT2D eigenvalue weighted by molar-refractivity contribution is 5.70. The molecule has 4 atom stereocenters. The highest BCUT2D eigenvalue weighted by Gasteiger charge is 2.41. The number of hydrogen-bond acceptors (Lipinski definition) is 5. The Kier molecular flexibility index (Phi) is 10.7. The maximum absolute atomic E-state index is 13.5. The minimum atomic E-state index is -0.674. The normalized spacial score (nSPS) is 22.6. The number of benzene rings is 2. The van der Waals surface area contributed by atoms with Crippen LogP contribution in [-0.2, 0) is 27.2 Å². The van der Waals surface area contributed by atoms with E-state index in [4.69, 9.17) is 14.2 Å². The van der Waals surface area contributed by atoms with Crippen LogP contribution in [0, 0.1) is 11.8 Å². The van der Waals surface area contributed by atoms with Crippen molar-refractivity contribution < 1.29 is 23.8 Å². The van der Waals surface area contributed by atoms with Crippen molar-refractivity contribution in [3.63, 3.8) is 0 Å². The van der Waals surface area contributed by atoms with E-state index in [1.807, 2.05) is 62.6 Å². The van der Waals surface area contributed by atoms with Gasteiger partial charge in [0.1, 0.15) is 11.2 Å². The molecule has 242 valence electrons. The first-order chi connectivity index (χ1) is 20.6. The summed E-state index contributed by atoms with van der Waals surface area (Å²) in [7, 11) is 0. The topological polar surface area (TPSA) is 68.3 Å². The minimum Gasteiger partial charge on any atom is -0.444 e. The summed E-state index contributed by atoms with van der Waals surface area (Å²) in [6, 6.07) is 19.0. The Bertz CT molecular complexity index is 1230. The van der Waals surface area contributed by atoms with Crippen LogP contribution in [0.2, 0.25) is 0 Å². The predicted molar refractivity (Wildman–Crippen MR) is 175 cm³/mol. The fourth-order valence-electron chi connectivity index (χ4n) is 6.58. The number of amides is 2. The predicted octanol–water partition coefficient (Wildman–Crippen LogP) is 8.21. The van der Waals surface area contributed by atoms with Gasteiger partial charge in [-0.25, -0.2) is 9.59 Å². The van der Waals surface area contributed by atoms with Gasteiger partial charge in [-0.3, -0.25) is 0 Å². The van der Waals surface area contributed by atoms with E-state index in [1.165, 1.54) is 5.56 Å². The molecule has 2 aliphatic rings. The first kappa shape index (κ1) is 33.8. The Balaban J connectivity index is 1.34. The zero-order chi connectivity index (χ0) is 32.2. The highest BCUT2D eigenvalue weighted by atomic mass is 16.6. The Labute approximate surface area is 265 Å². The molecule has 0 radical (unpaired) electrons. The number of carbonyl (C=O) groups is 2. The van der Waals surface area contributed by atoms with E-state index >= 15 is 0 Å². The molecule has 0 spiro atoms. The number of rotatable bonds is 9. The molecule has 0 bridgehead atoms. The van der Waals surface area contributed by atoms with Crippen LogP contribution in [0.1, 0.15) is 97.8 Å². The third-order valence-corrected chi connectivity index (χ3v) is 8.82. The SMILES string of the molecule is CC(C)[C@@H]1C[C@H](c2ccc(CC(C)(C)OC(=O)N3C[C@H](OCc4ccccc4)C[C@H]3C(C)C)cc2)CN1C(=O)OC(C)(C)C. The standard InChI is InChI=1S/C37H54N2O5/c1-25(2)32-19-30(22-38(32)34(40)43-36(5,6)7)29-17-15-27(16-18-29)21-37(8,9)44-35(41)39-23-31(20-33(39)26(3)4)42-24-28-13-11-10-12-14-28/h10-18,25-26,30-33H,19-24H2,1-9H3/t30-,31+,32-,33-/m0/s1. The number of carbonyl (C=O) groups excluding carboxylic acids is 2. The van der Waals surface area contributed by atoms with E-state index in [2.05, 4.69) is 64.1 Å². The Morgan fingerprint density at radius 2 is 1.32 bits per heavy atom. The molecule has 2 amide bonds. The van der Waals surface area contributed by atoms with Crippen LogP contribution >= 0.6 is 0 Å². The van der Waals surface area contributed by atoms with E-state index < -0.39 is 11.2 Å². The molecule has 2 aromatic carbocycles. The summed E-state index contributed by atoms with van der Waals surface area (Å²) in [6.45, 7) is 20.1. The van der Waals surface area contributed by atoms with Crippen molar-refractivity contribution in [2.24, 2.45) is 11.8 Å². The molecular formula is C37H54N2O5. The van der Waals surface area contributed by atoms with Crippen LogP contribution in [0.3, 0.4) is 0 Å². The number of ether oxygens (including phenoxy) is 3. The maximum Gasteiger partial charge on any atom is 0.410 e. The van der Waals surface area contributed by atoms with Crippen molar-refractivity contribution in [2.75, 3.05) is 13.1 Å². The van der Waals surface area contributed by atoms with Crippen LogP contribution < -0.4 is 0 Å². The molecule has 44 heavy (non-hydrogen) atoms. The van der Waals surface area contributed by atoms with Gasteiger partial charge in [0, 0.05) is 31.0 Å². The highest BCUT2D eigenvalue weighted by Crippen LogP contribution is 2.36. The first-order valence-corrected chi connectivity index (χ1v) is 16.4. The minimum absolute atomic E-state index is 0.0112. The Morgan fingerprint density at radius 1 is 0.750 bits per heavy atom. The number of nitrogens with zero attached hydrogens (tertiary/aromatic N) is 2. The summed E-state index contributed by atoms with van der Waals surface area (Å²) < 4.78 is 18.1. The third kappa shape index (κ3) is 8.99. The largest absolute Gasteiger partial charge is 0.444 e. The van der Waals surface area contributed by atoms with Crippen molar-refractivity contribution in [3.8, 4) is 0 Å². The fourth-order valence-corrected chi connectivity index (χ4v) is 6.58. The molecule has 2 fully saturated rings. The zero-order valence-electron chi connectivity index (χ0n) is 28.3. The molecule has 2 aromatic rings. The molecule has 2 aliphatic heterocycles. The monoisotopic (exact) mass is 606 g/mol. The van der Waals surface area contributed by atoms with E-state index in [0.29, 0.717) is 38.0 Å². The molecule has 0 N–H and O–H groups in total. The number of hydrogen-bond donors (Lipinski definition) is 0. The quantitative estimate of drug-likeness (QED) is 0.288. The number of likely N-dealkylation sites (tertiary alicyclic amines) is 2. The molecule has 7 nitrogen and oxygen atoms in total. The van der Waals surface area contributed by atoms with Gasteiger partial charge in [-0.1, -0.05) is 82.3 Å². The van der Waals surface area contributed by atoms with Gasteiger partial charge in [0.05, 0.1) is 19.3 Å². The second-order valence-corrected chi connectivity index (χ2v) is 15.0. The summed E-state index contributed by atoms with van der Waals surface area (Å²) in [6.07, 6.45) is 1.82. The lowest BCUT2D eigenvalue weighted by Gasteiger charge is -2.32. The van der Waals surface area contributed by atoms with Gasteiger partial charge >= 0.3 is 12.2 Å². The molecule has 0 aromatic heterocycles. The average Bonchev–Trinajstić information content (AvgIpc) is 3.57. The third-order valence-electron chi connectivity index (χ3n) is 8.82. The smallest absolute Gasteiger partial charge is 0.410 e. The summed E-state index contributed by atoms with van der Waals surface area (Å²) in [5.74, 6) is 0.912. The first-order valence-electron chi connectivity index (χ1n) is 16.4. The summed E-state index contributed by atoms with van der Waals surface area (Å²) in [5.41, 5.74) is 2.28. The van der Waals surface area contributed by atoms with Crippen LogP contribution in [0.4, 0.5) is 9.59 Å². The summed E-state index contributed by atoms with van der Waals surface area (Å²) >= 11 is 0. The van der Waals surface area contributed by atoms with E-state index in [0.717, 1.165) is 24.0 Å². The van der Waals surface area contributed by atoms with Crippen LogP contribution in [0.5, 0.6) is 0 Å². The lowest BCUT2D eigenvalue weighted by atomic mass is 9.91. The van der Waals surface area contributed by atoms with Crippen LogP contribution in [0.15, 0.2) is 54.6 Å². The van der Waals surface area contributed by atoms with Gasteiger partial charge in [0.15, 0.2) is 0 Å². The Hall–Kier alpha value is -3.06. The van der Waals surface area contributed by atoms with Gasteiger partial charge in [0.2, 0.25) is 0 Å². The second kappa shape index (κ2) is 13.9. The lowest BCUT2D eigenvalue weighted by Crippen LogP contribution is -2.43. The molecule has 2 heterocycles. The van der Waals surface area contributed by atoms with Crippen molar-refractivity contribution in [2.45, 2.75) is 123 Å².